The molecule has 0 radical (unpaired) electrons. The second kappa shape index (κ2) is 5.27. The van der Waals surface area contributed by atoms with Crippen molar-refractivity contribution in [3.63, 3.8) is 0 Å². The molecular formula is C16H21N3O. The monoisotopic (exact) mass is 271 g/mol. The van der Waals surface area contributed by atoms with E-state index in [-0.39, 0.29) is 5.91 Å². The number of rotatable bonds is 2. The summed E-state index contributed by atoms with van der Waals surface area (Å²) < 4.78 is 0. The minimum atomic E-state index is 0.145. The number of aryl methyl sites for hydroxylation is 1. The molecule has 0 bridgehead atoms. The van der Waals surface area contributed by atoms with Crippen molar-refractivity contribution in [1.29, 1.82) is 0 Å². The van der Waals surface area contributed by atoms with Crippen LogP contribution in [0, 0.1) is 5.92 Å². The van der Waals surface area contributed by atoms with Crippen molar-refractivity contribution < 1.29 is 4.79 Å². The number of aromatic nitrogens is 2. The van der Waals surface area contributed by atoms with Crippen molar-refractivity contribution in [2.45, 2.75) is 33.1 Å². The molecule has 1 saturated heterocycles. The Labute approximate surface area is 119 Å². The zero-order chi connectivity index (χ0) is 14.1. The molecule has 0 aliphatic carbocycles. The molecule has 106 valence electrons. The quantitative estimate of drug-likeness (QED) is 0.912. The molecule has 4 heteroatoms. The summed E-state index contributed by atoms with van der Waals surface area (Å²) in [4.78, 5) is 22.3. The third kappa shape index (κ3) is 2.42. The molecule has 2 heterocycles. The maximum Gasteiger partial charge on any atom is 0.253 e. The Balaban J connectivity index is 1.87. The minimum Gasteiger partial charge on any atom is -0.342 e. The van der Waals surface area contributed by atoms with Crippen LogP contribution in [-0.4, -0.2) is 33.9 Å². The molecule has 4 nitrogen and oxygen atoms in total. The van der Waals surface area contributed by atoms with E-state index in [2.05, 4.69) is 23.8 Å². The first-order valence-electron chi connectivity index (χ1n) is 7.45. The molecule has 0 spiro atoms. The number of H-pyrrole nitrogens is 1. The van der Waals surface area contributed by atoms with Crippen LogP contribution in [0.1, 0.15) is 42.9 Å². The molecule has 1 N–H and O–H groups in total. The highest BCUT2D eigenvalue weighted by Crippen LogP contribution is 2.20. The van der Waals surface area contributed by atoms with Crippen LogP contribution in [-0.2, 0) is 6.42 Å². The van der Waals surface area contributed by atoms with Crippen molar-refractivity contribution >= 4 is 16.9 Å². The zero-order valence-electron chi connectivity index (χ0n) is 12.1. The Morgan fingerprint density at radius 3 is 3.10 bits per heavy atom. The smallest absolute Gasteiger partial charge is 0.253 e. The first-order chi connectivity index (χ1) is 9.67. The molecule has 1 aliphatic heterocycles. The normalized spacial score (nSPS) is 19.5. The van der Waals surface area contributed by atoms with E-state index in [1.54, 1.807) is 0 Å². The van der Waals surface area contributed by atoms with Crippen LogP contribution in [0.3, 0.4) is 0 Å². The fourth-order valence-corrected chi connectivity index (χ4v) is 2.92. The van der Waals surface area contributed by atoms with Gasteiger partial charge in [-0.1, -0.05) is 13.8 Å². The van der Waals surface area contributed by atoms with Gasteiger partial charge in [-0.05, 0) is 37.0 Å². The van der Waals surface area contributed by atoms with Gasteiger partial charge in [0.25, 0.3) is 5.91 Å². The van der Waals surface area contributed by atoms with E-state index >= 15 is 0 Å². The molecule has 1 aliphatic rings. The lowest BCUT2D eigenvalue weighted by Crippen LogP contribution is -2.39. The zero-order valence-corrected chi connectivity index (χ0v) is 12.1. The van der Waals surface area contributed by atoms with Crippen molar-refractivity contribution in [2.24, 2.45) is 5.92 Å². The minimum absolute atomic E-state index is 0.145. The molecular weight excluding hydrogens is 250 g/mol. The molecule has 1 aromatic heterocycles. The molecule has 0 saturated carbocycles. The number of carbonyl (C=O) groups is 1. The van der Waals surface area contributed by atoms with Crippen LogP contribution in [0.2, 0.25) is 0 Å². The van der Waals surface area contributed by atoms with Crippen LogP contribution in [0.4, 0.5) is 0 Å². The predicted molar refractivity (Wildman–Crippen MR) is 79.8 cm³/mol. The van der Waals surface area contributed by atoms with Crippen molar-refractivity contribution in [2.75, 3.05) is 13.1 Å². The van der Waals surface area contributed by atoms with E-state index in [0.717, 1.165) is 48.4 Å². The van der Waals surface area contributed by atoms with Gasteiger partial charge in [0, 0.05) is 25.1 Å². The number of aromatic amines is 1. The number of hydrogen-bond donors (Lipinski definition) is 1. The van der Waals surface area contributed by atoms with Gasteiger partial charge in [0.2, 0.25) is 0 Å². The molecule has 20 heavy (non-hydrogen) atoms. The highest BCUT2D eigenvalue weighted by Gasteiger charge is 2.22. The first-order valence-corrected chi connectivity index (χ1v) is 7.45. The largest absolute Gasteiger partial charge is 0.342 e. The summed E-state index contributed by atoms with van der Waals surface area (Å²) >= 11 is 0. The van der Waals surface area contributed by atoms with Gasteiger partial charge in [0.15, 0.2) is 0 Å². The third-order valence-corrected chi connectivity index (χ3v) is 4.06. The van der Waals surface area contributed by atoms with Crippen LogP contribution in [0.25, 0.3) is 11.0 Å². The van der Waals surface area contributed by atoms with Gasteiger partial charge in [0.05, 0.1) is 11.0 Å². The number of nitrogens with zero attached hydrogens (tertiary/aromatic N) is 2. The van der Waals surface area contributed by atoms with E-state index in [1.807, 2.05) is 23.1 Å². The summed E-state index contributed by atoms with van der Waals surface area (Å²) in [5.74, 6) is 1.72. The van der Waals surface area contributed by atoms with Crippen LogP contribution in [0.5, 0.6) is 0 Å². The summed E-state index contributed by atoms with van der Waals surface area (Å²) in [6.07, 6.45) is 3.21. The average molecular weight is 271 g/mol. The van der Waals surface area contributed by atoms with E-state index < -0.39 is 0 Å². The highest BCUT2D eigenvalue weighted by atomic mass is 16.2. The third-order valence-electron chi connectivity index (χ3n) is 4.06. The van der Waals surface area contributed by atoms with Crippen molar-refractivity contribution in [3.05, 3.63) is 29.6 Å². The molecule has 1 amide bonds. The highest BCUT2D eigenvalue weighted by molar-refractivity contribution is 5.97. The Morgan fingerprint density at radius 2 is 2.35 bits per heavy atom. The van der Waals surface area contributed by atoms with E-state index in [9.17, 15) is 4.79 Å². The molecule has 1 fully saturated rings. The summed E-state index contributed by atoms with van der Waals surface area (Å²) in [7, 11) is 0. The SMILES string of the molecule is CCc1nc2ccc(C(=O)N3CCCC(C)C3)cc2[nH]1. The fourth-order valence-electron chi connectivity index (χ4n) is 2.92. The van der Waals surface area contributed by atoms with Gasteiger partial charge in [-0.15, -0.1) is 0 Å². The number of hydrogen-bond acceptors (Lipinski definition) is 2. The lowest BCUT2D eigenvalue weighted by atomic mass is 9.99. The van der Waals surface area contributed by atoms with Crippen molar-refractivity contribution in [1.82, 2.24) is 14.9 Å². The maximum atomic E-state index is 12.6. The van der Waals surface area contributed by atoms with E-state index in [1.165, 1.54) is 6.42 Å². The summed E-state index contributed by atoms with van der Waals surface area (Å²) in [6, 6.07) is 5.76. The number of nitrogens with one attached hydrogen (secondary N) is 1. The molecule has 1 atom stereocenters. The molecule has 1 unspecified atom stereocenters. The standard InChI is InChI=1S/C16H21N3O/c1-3-15-17-13-7-6-12(9-14(13)18-15)16(20)19-8-4-5-11(2)10-19/h6-7,9,11H,3-5,8,10H2,1-2H3,(H,17,18). The van der Waals surface area contributed by atoms with Gasteiger partial charge >= 0.3 is 0 Å². The molecule has 2 aromatic rings. The fraction of sp³-hybridized carbons (Fsp3) is 0.500. The number of imidazole rings is 1. The lowest BCUT2D eigenvalue weighted by Gasteiger charge is -2.31. The van der Waals surface area contributed by atoms with E-state index in [4.69, 9.17) is 0 Å². The molecule has 3 rings (SSSR count). The van der Waals surface area contributed by atoms with Crippen molar-refractivity contribution in [3.8, 4) is 0 Å². The first kappa shape index (κ1) is 13.2. The van der Waals surface area contributed by atoms with Gasteiger partial charge in [-0.25, -0.2) is 4.98 Å². The Morgan fingerprint density at radius 1 is 1.50 bits per heavy atom. The summed E-state index contributed by atoms with van der Waals surface area (Å²) in [5, 5.41) is 0. The van der Waals surface area contributed by atoms with E-state index in [0.29, 0.717) is 5.92 Å². The van der Waals surface area contributed by atoms with Gasteiger partial charge in [-0.3, -0.25) is 4.79 Å². The van der Waals surface area contributed by atoms with Crippen LogP contribution >= 0.6 is 0 Å². The number of fused-ring (bicyclic) bond motifs is 1. The number of amides is 1. The summed E-state index contributed by atoms with van der Waals surface area (Å²) in [5.41, 5.74) is 2.65. The Bertz CT molecular complexity index is 632. The number of piperidine rings is 1. The Kier molecular flexibility index (Phi) is 3.47. The topological polar surface area (TPSA) is 49.0 Å². The van der Waals surface area contributed by atoms with Crippen LogP contribution < -0.4 is 0 Å². The van der Waals surface area contributed by atoms with Gasteiger partial charge in [-0.2, -0.15) is 0 Å². The summed E-state index contributed by atoms with van der Waals surface area (Å²) in [6.45, 7) is 6.04. The maximum absolute atomic E-state index is 12.6. The second-order valence-corrected chi connectivity index (χ2v) is 5.77. The second-order valence-electron chi connectivity index (χ2n) is 5.77. The predicted octanol–water partition coefficient (Wildman–Crippen LogP) is 3.00. The molecule has 1 aromatic carbocycles. The Hall–Kier alpha value is -1.84. The number of likely N-dealkylation sites (tertiary alicyclic amines) is 1. The average Bonchev–Trinajstić information content (AvgIpc) is 2.88. The van der Waals surface area contributed by atoms with Crippen LogP contribution in [0.15, 0.2) is 18.2 Å². The lowest BCUT2D eigenvalue weighted by molar-refractivity contribution is 0.0683. The number of benzene rings is 1. The number of carbonyl (C=O) groups excluding carboxylic acids is 1. The van der Waals surface area contributed by atoms with Gasteiger partial charge in [0.1, 0.15) is 5.82 Å². The van der Waals surface area contributed by atoms with Gasteiger partial charge < -0.3 is 9.88 Å².